The standard InChI is InChI=1S/C12H26O8S5.2Na/c13-23(14,11-7-3-1-5-9-19-24(15,16)21)12-8-4-2-6-10-20-25(17,18)22;;/h1-12H2,(H,15,16,21)(H,17,18,22);;/q;2*+1/p-2. The van der Waals surface area contributed by atoms with Crippen molar-refractivity contribution in [3.8, 4) is 0 Å². The maximum atomic E-state index is 11.8. The Hall–Kier alpha value is 2.53. The van der Waals surface area contributed by atoms with Crippen molar-refractivity contribution in [2.45, 2.75) is 51.4 Å². The number of sulfone groups is 1. The maximum absolute atomic E-state index is 11.8. The molecule has 0 amide bonds. The first kappa shape index (κ1) is 34.2. The Labute approximate surface area is 217 Å². The van der Waals surface area contributed by atoms with Gasteiger partial charge < -0.3 is 9.11 Å². The average Bonchev–Trinajstić information content (AvgIpc) is 2.42. The van der Waals surface area contributed by atoms with E-state index in [1.165, 1.54) is 0 Å². The molecule has 0 saturated carbocycles. The Balaban J connectivity index is -0.00000288. The summed E-state index contributed by atoms with van der Waals surface area (Å²) in [6.45, 7) is 0.0458. The van der Waals surface area contributed by atoms with Crippen LogP contribution in [0.2, 0.25) is 0 Å². The minimum Gasteiger partial charge on any atom is -0.748 e. The van der Waals surface area contributed by atoms with Crippen molar-refractivity contribution in [3.63, 3.8) is 0 Å². The van der Waals surface area contributed by atoms with Crippen LogP contribution in [0, 0.1) is 0 Å². The molecule has 0 aromatic rings. The van der Waals surface area contributed by atoms with Crippen LogP contribution in [0.25, 0.3) is 0 Å². The van der Waals surface area contributed by atoms with E-state index < -0.39 is 27.9 Å². The van der Waals surface area contributed by atoms with Gasteiger partial charge in [-0.05, 0) is 48.1 Å². The topological polar surface area (TPSA) is 133 Å². The predicted molar refractivity (Wildman–Crippen MR) is 100 cm³/mol. The van der Waals surface area contributed by atoms with Gasteiger partial charge in [-0.25, -0.2) is 16.8 Å². The van der Waals surface area contributed by atoms with Gasteiger partial charge in [-0.15, -0.1) is 0 Å². The van der Waals surface area contributed by atoms with Crippen molar-refractivity contribution < 1.29 is 93.4 Å². The van der Waals surface area contributed by atoms with Gasteiger partial charge in [0.25, 0.3) is 0 Å². The predicted octanol–water partition coefficient (Wildman–Crippen LogP) is -4.85. The van der Waals surface area contributed by atoms with Crippen LogP contribution >= 0.6 is 0 Å². The minimum atomic E-state index is -3.82. The third kappa shape index (κ3) is 28.5. The number of unbranched alkanes of at least 4 members (excludes halogenated alkanes) is 6. The van der Waals surface area contributed by atoms with Gasteiger partial charge in [0.1, 0.15) is 9.84 Å². The molecule has 0 radical (unpaired) electrons. The van der Waals surface area contributed by atoms with Gasteiger partial charge in [0.2, 0.25) is 0 Å². The van der Waals surface area contributed by atoms with Crippen LogP contribution in [0.5, 0.6) is 0 Å². The van der Waals surface area contributed by atoms with Gasteiger partial charge in [-0.2, -0.15) is 0 Å². The summed E-state index contributed by atoms with van der Waals surface area (Å²) in [6, 6.07) is 0. The molecule has 0 aliphatic heterocycles. The fraction of sp³-hybridized carbons (Fsp3) is 1.00. The molecular weight excluding hydrogens is 478 g/mol. The van der Waals surface area contributed by atoms with Crippen LogP contribution in [-0.2, 0) is 58.7 Å². The van der Waals surface area contributed by atoms with Crippen LogP contribution in [-0.4, -0.2) is 50.7 Å². The van der Waals surface area contributed by atoms with Crippen molar-refractivity contribution >= 4 is 50.3 Å². The summed E-state index contributed by atoms with van der Waals surface area (Å²) >= 11 is 8.11. The van der Waals surface area contributed by atoms with E-state index in [1.54, 1.807) is 0 Å². The molecule has 0 rings (SSSR count). The summed E-state index contributed by atoms with van der Waals surface area (Å²) in [5, 5.41) is 0. The third-order valence-electron chi connectivity index (χ3n) is 3.15. The molecule has 0 aliphatic carbocycles. The number of hydrogen-bond acceptors (Lipinski definition) is 10. The van der Waals surface area contributed by atoms with E-state index in [2.05, 4.69) is 30.7 Å². The Kier molecular flexibility index (Phi) is 22.9. The molecule has 0 fully saturated rings. The van der Waals surface area contributed by atoms with Crippen molar-refractivity contribution in [1.82, 2.24) is 0 Å². The fourth-order valence-electron chi connectivity index (χ4n) is 1.98. The summed E-state index contributed by atoms with van der Waals surface area (Å²) in [5.74, 6) is 0.203. The smallest absolute Gasteiger partial charge is 0.748 e. The molecule has 0 aromatic heterocycles. The molecular formula is C12H24Na2O8S5. The molecule has 0 heterocycles. The molecule has 2 unspecified atom stereocenters. The molecule has 8 nitrogen and oxygen atoms in total. The van der Waals surface area contributed by atoms with Gasteiger partial charge >= 0.3 is 59.1 Å². The van der Waals surface area contributed by atoms with Gasteiger partial charge in [0.05, 0.1) is 42.8 Å². The van der Waals surface area contributed by atoms with E-state index in [-0.39, 0.29) is 83.8 Å². The summed E-state index contributed by atoms with van der Waals surface area (Å²) in [6.07, 6.45) is 4.76. The Morgan fingerprint density at radius 1 is 0.593 bits per heavy atom. The minimum absolute atomic E-state index is 0. The number of hydrogen-bond donors (Lipinski definition) is 0. The summed E-state index contributed by atoms with van der Waals surface area (Å²) in [4.78, 5) is 0. The maximum Gasteiger partial charge on any atom is 1.00 e. The van der Waals surface area contributed by atoms with Crippen LogP contribution in [0.4, 0.5) is 0 Å². The molecule has 0 aromatic carbocycles. The first-order valence-corrected chi connectivity index (χ1v) is 14.3. The molecule has 0 bridgehead atoms. The Morgan fingerprint density at radius 3 is 1.19 bits per heavy atom. The van der Waals surface area contributed by atoms with Crippen LogP contribution in [0.15, 0.2) is 0 Å². The van der Waals surface area contributed by atoms with Crippen LogP contribution in [0.1, 0.15) is 51.4 Å². The Morgan fingerprint density at radius 2 is 0.889 bits per heavy atom. The zero-order valence-corrected chi connectivity index (χ0v) is 23.9. The zero-order chi connectivity index (χ0) is 19.4. The molecule has 27 heavy (non-hydrogen) atoms. The quantitative estimate of drug-likeness (QED) is 0.149. The summed E-state index contributed by atoms with van der Waals surface area (Å²) in [7, 11) is -10.7. The summed E-state index contributed by atoms with van der Waals surface area (Å²) < 4.78 is 74.7. The largest absolute Gasteiger partial charge is 1.00 e. The van der Waals surface area contributed by atoms with Crippen molar-refractivity contribution in [2.24, 2.45) is 0 Å². The second-order valence-corrected chi connectivity index (χ2v) is 12.3. The average molecular weight is 503 g/mol. The van der Waals surface area contributed by atoms with E-state index in [0.717, 1.165) is 0 Å². The normalized spacial score (nSPS) is 15.8. The first-order chi connectivity index (χ1) is 11.4. The van der Waals surface area contributed by atoms with Gasteiger partial charge in [0, 0.05) is 0 Å². The molecule has 152 valence electrons. The Bertz CT molecular complexity index is 612. The van der Waals surface area contributed by atoms with E-state index >= 15 is 0 Å². The number of rotatable bonds is 16. The van der Waals surface area contributed by atoms with Crippen molar-refractivity contribution in [1.29, 1.82) is 0 Å². The SMILES string of the molecule is O=S(=O)(CCCCCCOS(=O)([O-])=S)CCCCCCOS(=O)([O-])=S.[Na+].[Na+]. The second kappa shape index (κ2) is 18.1. The van der Waals surface area contributed by atoms with Crippen molar-refractivity contribution in [2.75, 3.05) is 24.7 Å². The van der Waals surface area contributed by atoms with E-state index in [1.807, 2.05) is 0 Å². The fourth-order valence-corrected chi connectivity index (χ4v) is 4.52. The summed E-state index contributed by atoms with van der Waals surface area (Å²) in [5.41, 5.74) is 0. The molecule has 2 atom stereocenters. The molecule has 0 saturated heterocycles. The van der Waals surface area contributed by atoms with Gasteiger partial charge in [0.15, 0.2) is 0 Å². The molecule has 0 spiro atoms. The second-order valence-electron chi connectivity index (χ2n) is 5.44. The first-order valence-electron chi connectivity index (χ1n) is 7.82. The monoisotopic (exact) mass is 502 g/mol. The van der Waals surface area contributed by atoms with E-state index in [0.29, 0.717) is 51.4 Å². The van der Waals surface area contributed by atoms with Gasteiger partial charge in [-0.1, -0.05) is 25.7 Å². The van der Waals surface area contributed by atoms with Crippen molar-refractivity contribution in [3.05, 3.63) is 0 Å². The van der Waals surface area contributed by atoms with E-state index in [4.69, 9.17) is 0 Å². The molecule has 15 heteroatoms. The van der Waals surface area contributed by atoms with E-state index in [9.17, 15) is 25.9 Å². The molecule has 0 N–H and O–H groups in total. The van der Waals surface area contributed by atoms with Gasteiger partial charge in [-0.3, -0.25) is 8.37 Å². The zero-order valence-electron chi connectivity index (χ0n) is 15.8. The molecule has 0 aliphatic rings. The van der Waals surface area contributed by atoms with Crippen LogP contribution < -0.4 is 59.1 Å². The van der Waals surface area contributed by atoms with Crippen LogP contribution in [0.3, 0.4) is 0 Å². The third-order valence-corrected chi connectivity index (χ3v) is 6.46.